The van der Waals surface area contributed by atoms with Crippen molar-refractivity contribution in [3.63, 3.8) is 0 Å². The number of carboxylic acid groups (broad SMARTS) is 1. The van der Waals surface area contributed by atoms with Gasteiger partial charge in [-0.15, -0.1) is 0 Å². The maximum absolute atomic E-state index is 11.4. The summed E-state index contributed by atoms with van der Waals surface area (Å²) in [6.07, 6.45) is 0.598. The molecule has 0 aliphatic heterocycles. The Bertz CT molecular complexity index is 505. The maximum atomic E-state index is 11.4. The molecule has 19 heavy (non-hydrogen) atoms. The Morgan fingerprint density at radius 2 is 2.05 bits per heavy atom. The van der Waals surface area contributed by atoms with E-state index in [-0.39, 0.29) is 5.56 Å². The second-order valence-electron chi connectivity index (χ2n) is 3.85. The second-order valence-corrected chi connectivity index (χ2v) is 5.18. The van der Waals surface area contributed by atoms with E-state index in [1.54, 1.807) is 13.8 Å². The van der Waals surface area contributed by atoms with Crippen LogP contribution in [0.2, 0.25) is 0 Å². The number of carboxylic acids is 1. The van der Waals surface area contributed by atoms with Gasteiger partial charge in [0, 0.05) is 6.42 Å². The maximum Gasteiger partial charge on any atom is 0.340 e. The molecule has 0 saturated carbocycles. The molecule has 7 heteroatoms. The summed E-state index contributed by atoms with van der Waals surface area (Å²) in [4.78, 5) is 31.0. The van der Waals surface area contributed by atoms with Gasteiger partial charge in [-0.05, 0) is 13.8 Å². The number of aromatic nitrogens is 2. The van der Waals surface area contributed by atoms with E-state index < -0.39 is 17.2 Å². The van der Waals surface area contributed by atoms with Gasteiger partial charge in [-0.25, -0.2) is 14.8 Å². The molecule has 1 unspecified atom stereocenters. The SMILES string of the molecule is CCc1nc(C)c(C(=O)O)c(SC(C)C(=O)OC)n1. The molecule has 0 bridgehead atoms. The summed E-state index contributed by atoms with van der Waals surface area (Å²) in [5.74, 6) is -0.961. The minimum absolute atomic E-state index is 0.0398. The monoisotopic (exact) mass is 284 g/mol. The zero-order chi connectivity index (χ0) is 14.6. The number of carbonyl (C=O) groups excluding carboxylic acids is 1. The van der Waals surface area contributed by atoms with Crippen molar-refractivity contribution in [1.82, 2.24) is 9.97 Å². The summed E-state index contributed by atoms with van der Waals surface area (Å²) in [5, 5.41) is 8.98. The smallest absolute Gasteiger partial charge is 0.340 e. The molecule has 0 aliphatic carbocycles. The Hall–Kier alpha value is -1.63. The van der Waals surface area contributed by atoms with E-state index in [1.165, 1.54) is 7.11 Å². The Balaban J connectivity index is 3.19. The van der Waals surface area contributed by atoms with Crippen LogP contribution in [-0.4, -0.2) is 39.4 Å². The van der Waals surface area contributed by atoms with Crippen molar-refractivity contribution in [1.29, 1.82) is 0 Å². The topological polar surface area (TPSA) is 89.4 Å². The predicted molar refractivity (Wildman–Crippen MR) is 70.4 cm³/mol. The van der Waals surface area contributed by atoms with Gasteiger partial charge in [0.05, 0.1) is 12.8 Å². The van der Waals surface area contributed by atoms with Gasteiger partial charge in [0.15, 0.2) is 0 Å². The summed E-state index contributed by atoms with van der Waals surface area (Å²) in [6.45, 7) is 5.15. The minimum Gasteiger partial charge on any atom is -0.478 e. The number of hydrogen-bond acceptors (Lipinski definition) is 6. The fraction of sp³-hybridized carbons (Fsp3) is 0.500. The Morgan fingerprint density at radius 3 is 2.53 bits per heavy atom. The van der Waals surface area contributed by atoms with Crippen LogP contribution in [0, 0.1) is 6.92 Å². The largest absolute Gasteiger partial charge is 0.478 e. The van der Waals surface area contributed by atoms with Crippen LogP contribution in [0.25, 0.3) is 0 Å². The van der Waals surface area contributed by atoms with Crippen molar-refractivity contribution in [3.8, 4) is 0 Å². The van der Waals surface area contributed by atoms with Gasteiger partial charge in [-0.2, -0.15) is 0 Å². The van der Waals surface area contributed by atoms with Crippen molar-refractivity contribution in [2.45, 2.75) is 37.5 Å². The molecule has 0 aliphatic rings. The molecule has 1 rings (SSSR count). The summed E-state index contributed by atoms with van der Waals surface area (Å²) >= 11 is 1.07. The average molecular weight is 284 g/mol. The highest BCUT2D eigenvalue weighted by molar-refractivity contribution is 8.00. The zero-order valence-electron chi connectivity index (χ0n) is 11.3. The molecule has 0 fully saturated rings. The zero-order valence-corrected chi connectivity index (χ0v) is 12.1. The van der Waals surface area contributed by atoms with E-state index in [0.29, 0.717) is 23.0 Å². The van der Waals surface area contributed by atoms with Crippen LogP contribution < -0.4 is 0 Å². The number of nitrogens with zero attached hydrogens (tertiary/aromatic N) is 2. The average Bonchev–Trinajstić information content (AvgIpc) is 2.36. The highest BCUT2D eigenvalue weighted by atomic mass is 32.2. The van der Waals surface area contributed by atoms with Crippen molar-refractivity contribution in [2.75, 3.05) is 7.11 Å². The van der Waals surface area contributed by atoms with E-state index in [0.717, 1.165) is 11.8 Å². The molecule has 1 N–H and O–H groups in total. The van der Waals surface area contributed by atoms with Gasteiger partial charge in [0.1, 0.15) is 21.7 Å². The Morgan fingerprint density at radius 1 is 1.42 bits per heavy atom. The van der Waals surface area contributed by atoms with Crippen LogP contribution in [-0.2, 0) is 16.0 Å². The van der Waals surface area contributed by atoms with Gasteiger partial charge < -0.3 is 9.84 Å². The number of esters is 1. The molecule has 0 amide bonds. The summed E-state index contributed by atoms with van der Waals surface area (Å²) in [7, 11) is 1.29. The Kier molecular flexibility index (Phi) is 5.29. The fourth-order valence-electron chi connectivity index (χ4n) is 1.47. The summed E-state index contributed by atoms with van der Waals surface area (Å²) in [5.41, 5.74) is 0.442. The van der Waals surface area contributed by atoms with Crippen molar-refractivity contribution < 1.29 is 19.4 Å². The fourth-order valence-corrected chi connectivity index (χ4v) is 2.51. The van der Waals surface area contributed by atoms with Gasteiger partial charge in [-0.1, -0.05) is 18.7 Å². The quantitative estimate of drug-likeness (QED) is 0.500. The van der Waals surface area contributed by atoms with E-state index in [1.807, 2.05) is 6.92 Å². The molecular formula is C12H16N2O4S. The minimum atomic E-state index is -1.10. The Labute approximate surface area is 115 Å². The molecule has 6 nitrogen and oxygen atoms in total. The lowest BCUT2D eigenvalue weighted by atomic mass is 10.2. The van der Waals surface area contributed by atoms with Crippen LogP contribution in [0.5, 0.6) is 0 Å². The summed E-state index contributed by atoms with van der Waals surface area (Å²) in [6, 6.07) is 0. The van der Waals surface area contributed by atoms with E-state index in [4.69, 9.17) is 0 Å². The van der Waals surface area contributed by atoms with Gasteiger partial charge >= 0.3 is 11.9 Å². The third-order valence-electron chi connectivity index (χ3n) is 2.45. The molecule has 1 aromatic heterocycles. The molecule has 1 heterocycles. The van der Waals surface area contributed by atoms with Crippen LogP contribution in [0.3, 0.4) is 0 Å². The molecule has 0 aromatic carbocycles. The third kappa shape index (κ3) is 3.66. The number of ether oxygens (including phenoxy) is 1. The normalized spacial score (nSPS) is 12.0. The van der Waals surface area contributed by atoms with Gasteiger partial charge in [-0.3, -0.25) is 4.79 Å². The van der Waals surface area contributed by atoms with E-state index in [2.05, 4.69) is 14.7 Å². The highest BCUT2D eigenvalue weighted by Crippen LogP contribution is 2.27. The van der Waals surface area contributed by atoms with Crippen molar-refractivity contribution in [3.05, 3.63) is 17.1 Å². The van der Waals surface area contributed by atoms with E-state index in [9.17, 15) is 14.7 Å². The number of methoxy groups -OCH3 is 1. The molecule has 0 saturated heterocycles. The highest BCUT2D eigenvalue weighted by Gasteiger charge is 2.23. The number of carbonyl (C=O) groups is 2. The number of aryl methyl sites for hydroxylation is 2. The first-order chi connectivity index (χ1) is 8.90. The molecule has 104 valence electrons. The standard InChI is InChI=1S/C12H16N2O4S/c1-5-8-13-6(2)9(11(15)16)10(14-8)19-7(3)12(17)18-4/h7H,5H2,1-4H3,(H,15,16). The second kappa shape index (κ2) is 6.51. The number of rotatable bonds is 5. The lowest BCUT2D eigenvalue weighted by Gasteiger charge is -2.12. The first-order valence-electron chi connectivity index (χ1n) is 5.76. The third-order valence-corrected chi connectivity index (χ3v) is 3.52. The first kappa shape index (κ1) is 15.4. The lowest BCUT2D eigenvalue weighted by Crippen LogP contribution is -2.17. The molecule has 1 aromatic rings. The predicted octanol–water partition coefficient (Wildman–Crippen LogP) is 1.70. The molecule has 0 spiro atoms. The van der Waals surface area contributed by atoms with Crippen molar-refractivity contribution in [2.24, 2.45) is 0 Å². The number of hydrogen-bond donors (Lipinski definition) is 1. The molecular weight excluding hydrogens is 268 g/mol. The van der Waals surface area contributed by atoms with Crippen LogP contribution in [0.1, 0.15) is 35.7 Å². The first-order valence-corrected chi connectivity index (χ1v) is 6.63. The lowest BCUT2D eigenvalue weighted by molar-refractivity contribution is -0.139. The van der Waals surface area contributed by atoms with Gasteiger partial charge in [0.25, 0.3) is 0 Å². The molecule has 1 atom stereocenters. The number of aromatic carboxylic acids is 1. The van der Waals surface area contributed by atoms with Crippen LogP contribution in [0.4, 0.5) is 0 Å². The van der Waals surface area contributed by atoms with Crippen molar-refractivity contribution >= 4 is 23.7 Å². The summed E-state index contributed by atoms with van der Waals surface area (Å²) < 4.78 is 4.62. The van der Waals surface area contributed by atoms with Crippen LogP contribution in [0.15, 0.2) is 5.03 Å². The van der Waals surface area contributed by atoms with E-state index >= 15 is 0 Å². The van der Waals surface area contributed by atoms with Crippen LogP contribution >= 0.6 is 11.8 Å². The van der Waals surface area contributed by atoms with Gasteiger partial charge in [0.2, 0.25) is 0 Å². The number of thioether (sulfide) groups is 1. The molecule has 0 radical (unpaired) electrons.